The predicted molar refractivity (Wildman–Crippen MR) is 109 cm³/mol. The summed E-state index contributed by atoms with van der Waals surface area (Å²) < 4.78 is 5.40. The number of hydrogen-bond donors (Lipinski definition) is 2. The SMILES string of the molecule is CN=C(NCCc1ccccc1OC)NCCN1CCc2sccc2C1. The number of ether oxygens (including phenoxy) is 1. The highest BCUT2D eigenvalue weighted by Crippen LogP contribution is 2.23. The molecule has 0 radical (unpaired) electrons. The van der Waals surface area contributed by atoms with Crippen LogP contribution in [0.25, 0.3) is 0 Å². The fourth-order valence-electron chi connectivity index (χ4n) is 3.28. The molecule has 0 aliphatic carbocycles. The maximum Gasteiger partial charge on any atom is 0.191 e. The lowest BCUT2D eigenvalue weighted by Gasteiger charge is -2.27. The van der Waals surface area contributed by atoms with Gasteiger partial charge in [0.1, 0.15) is 5.75 Å². The van der Waals surface area contributed by atoms with Crippen LogP contribution in [-0.4, -0.2) is 51.2 Å². The van der Waals surface area contributed by atoms with Crippen LogP contribution in [0.1, 0.15) is 16.0 Å². The summed E-state index contributed by atoms with van der Waals surface area (Å²) in [6.07, 6.45) is 2.08. The minimum absolute atomic E-state index is 0.821. The molecule has 1 aromatic heterocycles. The topological polar surface area (TPSA) is 48.9 Å². The zero-order valence-corrected chi connectivity index (χ0v) is 16.4. The molecule has 0 spiro atoms. The summed E-state index contributed by atoms with van der Waals surface area (Å²) >= 11 is 1.89. The first-order valence-corrected chi connectivity index (χ1v) is 10.0. The normalized spacial score (nSPS) is 14.8. The molecule has 0 atom stereocenters. The maximum atomic E-state index is 5.40. The van der Waals surface area contributed by atoms with Gasteiger partial charge in [-0.2, -0.15) is 0 Å². The molecule has 2 heterocycles. The summed E-state index contributed by atoms with van der Waals surface area (Å²) in [7, 11) is 3.53. The molecule has 26 heavy (non-hydrogen) atoms. The average molecular weight is 373 g/mol. The number of guanidine groups is 1. The largest absolute Gasteiger partial charge is 0.496 e. The Labute approximate surface area is 160 Å². The summed E-state index contributed by atoms with van der Waals surface area (Å²) in [5.74, 6) is 1.79. The van der Waals surface area contributed by atoms with E-state index in [9.17, 15) is 0 Å². The molecule has 0 amide bonds. The van der Waals surface area contributed by atoms with Gasteiger partial charge in [-0.05, 0) is 41.5 Å². The number of nitrogens with zero attached hydrogens (tertiary/aromatic N) is 2. The van der Waals surface area contributed by atoms with Crippen LogP contribution in [-0.2, 0) is 19.4 Å². The van der Waals surface area contributed by atoms with Crippen molar-refractivity contribution in [1.29, 1.82) is 0 Å². The first-order valence-electron chi connectivity index (χ1n) is 9.14. The van der Waals surface area contributed by atoms with Crippen molar-refractivity contribution in [2.45, 2.75) is 19.4 Å². The quantitative estimate of drug-likeness (QED) is 0.579. The molecule has 3 rings (SSSR count). The number of aliphatic imine (C=N–C) groups is 1. The van der Waals surface area contributed by atoms with Crippen LogP contribution >= 0.6 is 11.3 Å². The van der Waals surface area contributed by atoms with Gasteiger partial charge in [0.25, 0.3) is 0 Å². The lowest BCUT2D eigenvalue weighted by Crippen LogP contribution is -2.43. The molecule has 0 saturated heterocycles. The molecule has 0 fully saturated rings. The molecule has 2 aromatic rings. The van der Waals surface area contributed by atoms with Gasteiger partial charge < -0.3 is 15.4 Å². The van der Waals surface area contributed by atoms with Gasteiger partial charge in [0.05, 0.1) is 7.11 Å². The standard InChI is InChI=1S/C20H28N4OS/c1-21-20(22-10-7-16-5-3-4-6-18(16)25-2)23-11-13-24-12-8-19-17(15-24)9-14-26-19/h3-6,9,14H,7-8,10-13,15H2,1-2H3,(H2,21,22,23). The van der Waals surface area contributed by atoms with Crippen molar-refractivity contribution in [3.05, 3.63) is 51.7 Å². The van der Waals surface area contributed by atoms with E-state index < -0.39 is 0 Å². The highest BCUT2D eigenvalue weighted by Gasteiger charge is 2.16. The number of thiophene rings is 1. The van der Waals surface area contributed by atoms with Crippen molar-refractivity contribution in [2.24, 2.45) is 4.99 Å². The van der Waals surface area contributed by atoms with Gasteiger partial charge in [-0.1, -0.05) is 18.2 Å². The minimum Gasteiger partial charge on any atom is -0.496 e. The second-order valence-corrected chi connectivity index (χ2v) is 7.38. The van der Waals surface area contributed by atoms with E-state index in [1.807, 2.05) is 36.6 Å². The Bertz CT molecular complexity index is 728. The van der Waals surface area contributed by atoms with E-state index in [1.165, 1.54) is 17.5 Å². The molecule has 0 unspecified atom stereocenters. The predicted octanol–water partition coefficient (Wildman–Crippen LogP) is 2.52. The Kier molecular flexibility index (Phi) is 6.91. The fraction of sp³-hybridized carbons (Fsp3) is 0.450. The highest BCUT2D eigenvalue weighted by atomic mass is 32.1. The Balaban J connectivity index is 1.37. The molecule has 5 nitrogen and oxygen atoms in total. The second-order valence-electron chi connectivity index (χ2n) is 6.38. The molecule has 140 valence electrons. The molecule has 2 N–H and O–H groups in total. The number of hydrogen-bond acceptors (Lipinski definition) is 4. The van der Waals surface area contributed by atoms with E-state index in [0.717, 1.165) is 50.9 Å². The van der Waals surface area contributed by atoms with Gasteiger partial charge >= 0.3 is 0 Å². The third-order valence-electron chi connectivity index (χ3n) is 4.71. The number of para-hydroxylation sites is 1. The molecule has 1 aliphatic rings. The summed E-state index contributed by atoms with van der Waals surface area (Å²) in [6, 6.07) is 10.4. The van der Waals surface area contributed by atoms with Crippen molar-refractivity contribution < 1.29 is 4.74 Å². The van der Waals surface area contributed by atoms with E-state index in [0.29, 0.717) is 0 Å². The van der Waals surface area contributed by atoms with Crippen molar-refractivity contribution in [2.75, 3.05) is 40.3 Å². The van der Waals surface area contributed by atoms with Crippen molar-refractivity contribution in [3.63, 3.8) is 0 Å². The zero-order chi connectivity index (χ0) is 18.2. The van der Waals surface area contributed by atoms with Crippen molar-refractivity contribution in [1.82, 2.24) is 15.5 Å². The summed E-state index contributed by atoms with van der Waals surface area (Å²) in [5.41, 5.74) is 2.71. The van der Waals surface area contributed by atoms with Crippen molar-refractivity contribution >= 4 is 17.3 Å². The van der Waals surface area contributed by atoms with Crippen LogP contribution in [0.4, 0.5) is 0 Å². The van der Waals surface area contributed by atoms with E-state index in [4.69, 9.17) is 4.74 Å². The molecule has 0 bridgehead atoms. The smallest absolute Gasteiger partial charge is 0.191 e. The Morgan fingerprint density at radius 1 is 1.23 bits per heavy atom. The van der Waals surface area contributed by atoms with Crippen LogP contribution in [0, 0.1) is 0 Å². The molecular weight excluding hydrogens is 344 g/mol. The van der Waals surface area contributed by atoms with Gasteiger partial charge in [-0.15, -0.1) is 11.3 Å². The molecule has 0 saturated carbocycles. The van der Waals surface area contributed by atoms with Gasteiger partial charge in [0.2, 0.25) is 0 Å². The van der Waals surface area contributed by atoms with Crippen LogP contribution < -0.4 is 15.4 Å². The number of methoxy groups -OCH3 is 1. The van der Waals surface area contributed by atoms with Gasteiger partial charge in [0.15, 0.2) is 5.96 Å². The maximum absolute atomic E-state index is 5.40. The highest BCUT2D eigenvalue weighted by molar-refractivity contribution is 7.10. The number of rotatable bonds is 7. The van der Waals surface area contributed by atoms with Crippen LogP contribution in [0.3, 0.4) is 0 Å². The molecule has 1 aromatic carbocycles. The molecule has 6 heteroatoms. The average Bonchev–Trinajstić information content (AvgIpc) is 3.15. The second kappa shape index (κ2) is 9.59. The molecule has 1 aliphatic heterocycles. The third kappa shape index (κ3) is 4.99. The Morgan fingerprint density at radius 3 is 2.92 bits per heavy atom. The van der Waals surface area contributed by atoms with Crippen LogP contribution in [0.15, 0.2) is 40.7 Å². The monoisotopic (exact) mass is 372 g/mol. The number of fused-ring (bicyclic) bond motifs is 1. The minimum atomic E-state index is 0.821. The first kappa shape index (κ1) is 18.7. The molecular formula is C20H28N4OS. The van der Waals surface area contributed by atoms with Crippen LogP contribution in [0.2, 0.25) is 0 Å². The van der Waals surface area contributed by atoms with Gasteiger partial charge in [-0.3, -0.25) is 9.89 Å². The lowest BCUT2D eigenvalue weighted by molar-refractivity contribution is 0.260. The van der Waals surface area contributed by atoms with Crippen molar-refractivity contribution in [3.8, 4) is 5.75 Å². The zero-order valence-electron chi connectivity index (χ0n) is 15.6. The van der Waals surface area contributed by atoms with E-state index in [2.05, 4.69) is 38.0 Å². The summed E-state index contributed by atoms with van der Waals surface area (Å²) in [6.45, 7) is 4.97. The number of benzene rings is 1. The number of nitrogens with one attached hydrogen (secondary N) is 2. The van der Waals surface area contributed by atoms with E-state index in [-0.39, 0.29) is 0 Å². The van der Waals surface area contributed by atoms with E-state index >= 15 is 0 Å². The lowest BCUT2D eigenvalue weighted by atomic mass is 10.1. The summed E-state index contributed by atoms with van der Waals surface area (Å²) in [4.78, 5) is 8.38. The van der Waals surface area contributed by atoms with Crippen LogP contribution in [0.5, 0.6) is 5.75 Å². The fourth-order valence-corrected chi connectivity index (χ4v) is 4.17. The Morgan fingerprint density at radius 2 is 2.08 bits per heavy atom. The van der Waals surface area contributed by atoms with Gasteiger partial charge in [0, 0.05) is 44.6 Å². The first-order chi connectivity index (χ1) is 12.8. The van der Waals surface area contributed by atoms with E-state index in [1.54, 1.807) is 12.0 Å². The Hall–Kier alpha value is -2.05. The summed E-state index contributed by atoms with van der Waals surface area (Å²) in [5, 5.41) is 9.01. The third-order valence-corrected chi connectivity index (χ3v) is 5.73. The van der Waals surface area contributed by atoms with Gasteiger partial charge in [-0.25, -0.2) is 0 Å².